The Kier molecular flexibility index (Phi) is 4.55. The van der Waals surface area contributed by atoms with E-state index in [1.165, 1.54) is 71.1 Å². The largest absolute Gasteiger partial charge is 0.307 e. The quantitative estimate of drug-likeness (QED) is 0.204. The molecule has 3 aromatic heterocycles. The Labute approximate surface area is 248 Å². The lowest BCUT2D eigenvalue weighted by Gasteiger charge is -2.20. The number of rotatable bonds is 1. The van der Waals surface area contributed by atoms with Gasteiger partial charge in [-0.05, 0) is 65.6 Å². The Morgan fingerprint density at radius 1 is 0.628 bits per heavy atom. The van der Waals surface area contributed by atoms with E-state index < -0.39 is 0 Å². The Bertz CT molecular complexity index is 2590. The number of hydrogen-bond donors (Lipinski definition) is 0. The normalized spacial score (nSPS) is 15.1. The number of fused-ring (bicyclic) bond motifs is 13. The Balaban J connectivity index is 1.45. The molecule has 1 aliphatic rings. The molecular weight excluding hydrogens is 522 g/mol. The van der Waals surface area contributed by atoms with Crippen molar-refractivity contribution in [2.45, 2.75) is 25.7 Å². The van der Waals surface area contributed by atoms with Gasteiger partial charge >= 0.3 is 0 Å². The lowest BCUT2D eigenvalue weighted by molar-refractivity contribution is 0.685. The summed E-state index contributed by atoms with van der Waals surface area (Å²) in [6.07, 6.45) is 1.95. The topological polar surface area (TPSA) is 30.2 Å². The van der Waals surface area contributed by atoms with Gasteiger partial charge in [0.1, 0.15) is 5.82 Å². The SMILES string of the molecule is Cc1nc(C2CCc3ccccc3-c3cc4c5ccccc5n5c6c7ccccc7ccc6c(c32)c45)nc2ccccc12. The molecule has 0 bridgehead atoms. The minimum absolute atomic E-state index is 0.0639. The second-order valence-electron chi connectivity index (χ2n) is 12.1. The monoisotopic (exact) mass is 549 g/mol. The fourth-order valence-electron chi connectivity index (χ4n) is 8.05. The fraction of sp³-hybridized carbons (Fsp3) is 0.100. The maximum atomic E-state index is 5.27. The van der Waals surface area contributed by atoms with Crippen molar-refractivity contribution in [1.29, 1.82) is 0 Å². The van der Waals surface area contributed by atoms with E-state index >= 15 is 0 Å². The van der Waals surface area contributed by atoms with Crippen LogP contribution < -0.4 is 0 Å². The Hall–Kier alpha value is -5.28. The van der Waals surface area contributed by atoms with E-state index in [9.17, 15) is 0 Å². The molecule has 1 aliphatic carbocycles. The van der Waals surface area contributed by atoms with Crippen LogP contribution in [0.25, 0.3) is 70.9 Å². The van der Waals surface area contributed by atoms with Crippen LogP contribution in [0.4, 0.5) is 0 Å². The molecule has 10 rings (SSSR count). The molecule has 3 heterocycles. The van der Waals surface area contributed by atoms with Crippen LogP contribution in [0.2, 0.25) is 0 Å². The van der Waals surface area contributed by atoms with Gasteiger partial charge in [-0.2, -0.15) is 0 Å². The van der Waals surface area contributed by atoms with Crippen LogP contribution >= 0.6 is 0 Å². The van der Waals surface area contributed by atoms with Crippen molar-refractivity contribution in [3.8, 4) is 11.1 Å². The Morgan fingerprint density at radius 2 is 1.40 bits per heavy atom. The number of aryl methyl sites for hydroxylation is 2. The minimum atomic E-state index is 0.0639. The lowest BCUT2D eigenvalue weighted by Crippen LogP contribution is -2.09. The van der Waals surface area contributed by atoms with E-state index in [1.54, 1.807) is 0 Å². The summed E-state index contributed by atoms with van der Waals surface area (Å²) >= 11 is 0. The molecule has 0 saturated carbocycles. The Morgan fingerprint density at radius 3 is 2.33 bits per heavy atom. The standard InChI is InChI=1S/C40H27N3/c1-23-26-12-6-8-16-34(26)42-40(41-23)31-21-19-24-10-2-4-13-27(24)32-22-33-29-15-7-9-17-35(29)43-38-28-14-5-3-11-25(28)18-20-30(38)37(36(31)32)39(33)43/h2-18,20,22,31H,19,21H2,1H3. The number of nitrogens with zero attached hydrogens (tertiary/aromatic N) is 3. The van der Waals surface area contributed by atoms with Crippen molar-refractivity contribution < 1.29 is 0 Å². The van der Waals surface area contributed by atoms with Gasteiger partial charge in [-0.3, -0.25) is 0 Å². The maximum absolute atomic E-state index is 5.27. The summed E-state index contributed by atoms with van der Waals surface area (Å²) < 4.78 is 2.54. The van der Waals surface area contributed by atoms with Crippen LogP contribution in [-0.4, -0.2) is 14.4 Å². The third-order valence-corrected chi connectivity index (χ3v) is 9.87. The van der Waals surface area contributed by atoms with E-state index in [1.807, 2.05) is 0 Å². The van der Waals surface area contributed by atoms with Gasteiger partial charge < -0.3 is 4.40 Å². The average Bonchev–Trinajstić information content (AvgIpc) is 3.51. The highest BCUT2D eigenvalue weighted by molar-refractivity contribution is 6.29. The highest BCUT2D eigenvalue weighted by Crippen LogP contribution is 2.51. The summed E-state index contributed by atoms with van der Waals surface area (Å²) in [6, 6.07) is 42.3. The zero-order chi connectivity index (χ0) is 28.2. The van der Waals surface area contributed by atoms with Crippen molar-refractivity contribution in [3.05, 3.63) is 138 Å². The van der Waals surface area contributed by atoms with Crippen LogP contribution in [0.5, 0.6) is 0 Å². The van der Waals surface area contributed by atoms with Gasteiger partial charge in [0.25, 0.3) is 0 Å². The molecule has 43 heavy (non-hydrogen) atoms. The average molecular weight is 550 g/mol. The summed E-state index contributed by atoms with van der Waals surface area (Å²) in [5.74, 6) is 0.992. The second-order valence-corrected chi connectivity index (χ2v) is 12.1. The molecule has 202 valence electrons. The van der Waals surface area contributed by atoms with Crippen LogP contribution in [0.15, 0.2) is 115 Å². The van der Waals surface area contributed by atoms with Crippen molar-refractivity contribution in [3.63, 3.8) is 0 Å². The maximum Gasteiger partial charge on any atom is 0.136 e. The van der Waals surface area contributed by atoms with Gasteiger partial charge in [0.2, 0.25) is 0 Å². The molecule has 0 aliphatic heterocycles. The summed E-state index contributed by atoms with van der Waals surface area (Å²) in [4.78, 5) is 10.5. The third kappa shape index (κ3) is 3.04. The lowest BCUT2D eigenvalue weighted by atomic mass is 9.85. The van der Waals surface area contributed by atoms with Crippen molar-refractivity contribution in [1.82, 2.24) is 14.4 Å². The molecule has 0 amide bonds. The van der Waals surface area contributed by atoms with E-state index in [0.717, 1.165) is 35.3 Å². The number of hydrogen-bond acceptors (Lipinski definition) is 2. The zero-order valence-electron chi connectivity index (χ0n) is 23.8. The first kappa shape index (κ1) is 23.3. The molecule has 0 spiro atoms. The number of aromatic nitrogens is 3. The fourth-order valence-corrected chi connectivity index (χ4v) is 8.05. The third-order valence-electron chi connectivity index (χ3n) is 9.87. The van der Waals surface area contributed by atoms with Crippen molar-refractivity contribution >= 4 is 59.8 Å². The van der Waals surface area contributed by atoms with Crippen molar-refractivity contribution in [2.24, 2.45) is 0 Å². The first-order valence-electron chi connectivity index (χ1n) is 15.2. The molecule has 9 aromatic rings. The summed E-state index contributed by atoms with van der Waals surface area (Å²) in [5.41, 5.74) is 11.3. The van der Waals surface area contributed by atoms with Gasteiger partial charge in [-0.25, -0.2) is 9.97 Å². The predicted molar refractivity (Wildman–Crippen MR) is 178 cm³/mol. The number of para-hydroxylation sites is 2. The van der Waals surface area contributed by atoms with Crippen LogP contribution in [0.1, 0.15) is 35.0 Å². The summed E-state index contributed by atoms with van der Waals surface area (Å²) in [7, 11) is 0. The predicted octanol–water partition coefficient (Wildman–Crippen LogP) is 9.99. The van der Waals surface area contributed by atoms with Crippen molar-refractivity contribution in [2.75, 3.05) is 0 Å². The van der Waals surface area contributed by atoms with Crippen LogP contribution in [-0.2, 0) is 6.42 Å². The highest BCUT2D eigenvalue weighted by Gasteiger charge is 2.32. The van der Waals surface area contributed by atoms with E-state index in [0.29, 0.717) is 0 Å². The van der Waals surface area contributed by atoms with Gasteiger partial charge in [0.05, 0.1) is 22.1 Å². The van der Waals surface area contributed by atoms with Gasteiger partial charge in [-0.1, -0.05) is 97.1 Å². The van der Waals surface area contributed by atoms with Gasteiger partial charge in [0, 0.05) is 43.9 Å². The first-order chi connectivity index (χ1) is 21.3. The first-order valence-corrected chi connectivity index (χ1v) is 15.2. The summed E-state index contributed by atoms with van der Waals surface area (Å²) in [6.45, 7) is 2.13. The molecular formula is C40H27N3. The smallest absolute Gasteiger partial charge is 0.136 e. The zero-order valence-corrected chi connectivity index (χ0v) is 23.8. The van der Waals surface area contributed by atoms with Crippen LogP contribution in [0, 0.1) is 6.92 Å². The minimum Gasteiger partial charge on any atom is -0.307 e. The molecule has 1 atom stereocenters. The summed E-state index contributed by atoms with van der Waals surface area (Å²) in [5, 5.41) is 8.95. The molecule has 0 saturated heterocycles. The van der Waals surface area contributed by atoms with Gasteiger partial charge in [-0.15, -0.1) is 0 Å². The molecule has 0 radical (unpaired) electrons. The molecule has 6 aromatic carbocycles. The second kappa shape index (κ2) is 8.39. The van der Waals surface area contributed by atoms with E-state index in [4.69, 9.17) is 9.97 Å². The number of benzene rings is 6. The molecule has 0 N–H and O–H groups in total. The van der Waals surface area contributed by atoms with E-state index in [2.05, 4.69) is 127 Å². The molecule has 1 unspecified atom stereocenters. The molecule has 0 fully saturated rings. The highest BCUT2D eigenvalue weighted by atomic mass is 14.9. The molecule has 3 nitrogen and oxygen atoms in total. The van der Waals surface area contributed by atoms with E-state index in [-0.39, 0.29) is 5.92 Å². The molecule has 3 heteroatoms. The van der Waals surface area contributed by atoms with Gasteiger partial charge in [0.15, 0.2) is 0 Å². The van der Waals surface area contributed by atoms with Crippen LogP contribution in [0.3, 0.4) is 0 Å².